The number of ether oxygens (including phenoxy) is 2. The maximum Gasteiger partial charge on any atom is 0.202 e. The summed E-state index contributed by atoms with van der Waals surface area (Å²) in [5, 5.41) is 0. The van der Waals surface area contributed by atoms with E-state index in [2.05, 4.69) is 13.0 Å². The SMILES string of the molecule is CCOC1OC(C)=CCC1C. The van der Waals surface area contributed by atoms with Gasteiger partial charge in [-0.1, -0.05) is 6.92 Å². The van der Waals surface area contributed by atoms with Crippen LogP contribution in [0.25, 0.3) is 0 Å². The molecular weight excluding hydrogens is 140 g/mol. The minimum Gasteiger partial charge on any atom is -0.470 e. The molecule has 0 aromatic heterocycles. The molecule has 0 amide bonds. The lowest BCUT2D eigenvalue weighted by Gasteiger charge is -2.28. The molecule has 0 aliphatic carbocycles. The van der Waals surface area contributed by atoms with Crippen LogP contribution in [-0.4, -0.2) is 12.9 Å². The molecule has 1 heterocycles. The molecular formula is C9H16O2. The number of hydrogen-bond donors (Lipinski definition) is 0. The Kier molecular flexibility index (Phi) is 2.94. The first kappa shape index (κ1) is 8.60. The van der Waals surface area contributed by atoms with Gasteiger partial charge in [0.1, 0.15) is 0 Å². The van der Waals surface area contributed by atoms with Crippen molar-refractivity contribution in [3.05, 3.63) is 11.8 Å². The normalized spacial score (nSPS) is 31.0. The standard InChI is InChI=1S/C9H16O2/c1-4-10-9-7(2)5-6-8(3)11-9/h6-7,9H,4-5H2,1-3H3. The molecule has 2 heteroatoms. The fraction of sp³-hybridized carbons (Fsp3) is 0.778. The molecule has 2 nitrogen and oxygen atoms in total. The van der Waals surface area contributed by atoms with Crippen molar-refractivity contribution in [1.82, 2.24) is 0 Å². The Balaban J connectivity index is 2.46. The zero-order valence-corrected chi connectivity index (χ0v) is 7.46. The molecule has 11 heavy (non-hydrogen) atoms. The maximum absolute atomic E-state index is 5.48. The second kappa shape index (κ2) is 3.77. The predicted molar refractivity (Wildman–Crippen MR) is 44.0 cm³/mol. The monoisotopic (exact) mass is 156 g/mol. The third-order valence-electron chi connectivity index (χ3n) is 1.87. The van der Waals surface area contributed by atoms with Crippen LogP contribution in [-0.2, 0) is 9.47 Å². The second-order valence-electron chi connectivity index (χ2n) is 2.97. The van der Waals surface area contributed by atoms with E-state index >= 15 is 0 Å². The molecule has 2 unspecified atom stereocenters. The van der Waals surface area contributed by atoms with Crippen LogP contribution in [0.5, 0.6) is 0 Å². The minimum absolute atomic E-state index is 0.0231. The first-order valence-electron chi connectivity index (χ1n) is 4.19. The molecule has 1 aliphatic heterocycles. The third-order valence-corrected chi connectivity index (χ3v) is 1.87. The molecule has 0 radical (unpaired) electrons. The average Bonchev–Trinajstić information content (AvgIpc) is 1.98. The van der Waals surface area contributed by atoms with Gasteiger partial charge in [0.05, 0.1) is 5.76 Å². The Hall–Kier alpha value is -0.500. The van der Waals surface area contributed by atoms with E-state index in [1.165, 1.54) is 0 Å². The molecule has 0 aromatic carbocycles. The molecule has 0 saturated carbocycles. The quantitative estimate of drug-likeness (QED) is 0.610. The largest absolute Gasteiger partial charge is 0.470 e. The summed E-state index contributed by atoms with van der Waals surface area (Å²) in [6.07, 6.45) is 3.15. The van der Waals surface area contributed by atoms with E-state index in [-0.39, 0.29) is 6.29 Å². The van der Waals surface area contributed by atoms with Gasteiger partial charge in [0, 0.05) is 12.5 Å². The van der Waals surface area contributed by atoms with Crippen molar-refractivity contribution < 1.29 is 9.47 Å². The van der Waals surface area contributed by atoms with E-state index in [0.29, 0.717) is 5.92 Å². The zero-order valence-electron chi connectivity index (χ0n) is 7.46. The predicted octanol–water partition coefficient (Wildman–Crippen LogP) is 2.31. The summed E-state index contributed by atoms with van der Waals surface area (Å²) in [5.41, 5.74) is 0. The Morgan fingerprint density at radius 1 is 1.73 bits per heavy atom. The summed E-state index contributed by atoms with van der Waals surface area (Å²) < 4.78 is 10.9. The van der Waals surface area contributed by atoms with Gasteiger partial charge in [0.15, 0.2) is 0 Å². The third kappa shape index (κ3) is 2.22. The van der Waals surface area contributed by atoms with Crippen LogP contribution in [0.2, 0.25) is 0 Å². The molecule has 1 rings (SSSR count). The topological polar surface area (TPSA) is 18.5 Å². The molecule has 0 N–H and O–H groups in total. The number of rotatable bonds is 2. The lowest BCUT2D eigenvalue weighted by atomic mass is 10.1. The van der Waals surface area contributed by atoms with Gasteiger partial charge >= 0.3 is 0 Å². The van der Waals surface area contributed by atoms with Crippen molar-refractivity contribution in [3.8, 4) is 0 Å². The first-order chi connectivity index (χ1) is 5.24. The van der Waals surface area contributed by atoms with Crippen LogP contribution >= 0.6 is 0 Å². The Morgan fingerprint density at radius 2 is 2.45 bits per heavy atom. The van der Waals surface area contributed by atoms with Gasteiger partial charge < -0.3 is 9.47 Å². The van der Waals surface area contributed by atoms with Crippen LogP contribution < -0.4 is 0 Å². The fourth-order valence-electron chi connectivity index (χ4n) is 1.17. The highest BCUT2D eigenvalue weighted by Crippen LogP contribution is 2.22. The highest BCUT2D eigenvalue weighted by Gasteiger charge is 2.21. The Morgan fingerprint density at radius 3 is 3.09 bits per heavy atom. The van der Waals surface area contributed by atoms with Gasteiger partial charge in [-0.25, -0.2) is 0 Å². The zero-order chi connectivity index (χ0) is 8.27. The van der Waals surface area contributed by atoms with Crippen molar-refractivity contribution in [2.45, 2.75) is 33.5 Å². The van der Waals surface area contributed by atoms with Gasteiger partial charge in [-0.2, -0.15) is 0 Å². The highest BCUT2D eigenvalue weighted by atomic mass is 16.7. The summed E-state index contributed by atoms with van der Waals surface area (Å²) in [5.74, 6) is 1.47. The van der Waals surface area contributed by atoms with Gasteiger partial charge in [-0.05, 0) is 26.3 Å². The van der Waals surface area contributed by atoms with Crippen molar-refractivity contribution in [2.24, 2.45) is 5.92 Å². The molecule has 2 atom stereocenters. The Labute approximate surface area is 68.2 Å². The van der Waals surface area contributed by atoms with Crippen molar-refractivity contribution >= 4 is 0 Å². The molecule has 64 valence electrons. The summed E-state index contributed by atoms with van der Waals surface area (Å²) in [7, 11) is 0. The van der Waals surface area contributed by atoms with Gasteiger partial charge in [-0.15, -0.1) is 0 Å². The van der Waals surface area contributed by atoms with Crippen LogP contribution in [0.15, 0.2) is 11.8 Å². The maximum atomic E-state index is 5.48. The Bertz CT molecular complexity index is 152. The van der Waals surface area contributed by atoms with Crippen molar-refractivity contribution in [1.29, 1.82) is 0 Å². The van der Waals surface area contributed by atoms with Crippen molar-refractivity contribution in [3.63, 3.8) is 0 Å². The summed E-state index contributed by atoms with van der Waals surface area (Å²) in [4.78, 5) is 0. The molecule has 0 spiro atoms. The van der Waals surface area contributed by atoms with E-state index in [4.69, 9.17) is 9.47 Å². The second-order valence-corrected chi connectivity index (χ2v) is 2.97. The van der Waals surface area contributed by atoms with Crippen LogP contribution in [0, 0.1) is 5.92 Å². The summed E-state index contributed by atoms with van der Waals surface area (Å²) >= 11 is 0. The lowest BCUT2D eigenvalue weighted by Crippen LogP contribution is -2.27. The van der Waals surface area contributed by atoms with E-state index in [1.54, 1.807) is 0 Å². The molecule has 0 saturated heterocycles. The first-order valence-corrected chi connectivity index (χ1v) is 4.19. The average molecular weight is 156 g/mol. The van der Waals surface area contributed by atoms with Crippen molar-refractivity contribution in [2.75, 3.05) is 6.61 Å². The fourth-order valence-corrected chi connectivity index (χ4v) is 1.17. The molecule has 0 bridgehead atoms. The van der Waals surface area contributed by atoms with Crippen LogP contribution in [0.1, 0.15) is 27.2 Å². The van der Waals surface area contributed by atoms with E-state index in [9.17, 15) is 0 Å². The minimum atomic E-state index is -0.0231. The lowest BCUT2D eigenvalue weighted by molar-refractivity contribution is -0.148. The molecule has 0 aromatic rings. The highest BCUT2D eigenvalue weighted by molar-refractivity contribution is 4.94. The van der Waals surface area contributed by atoms with E-state index in [1.807, 2.05) is 13.8 Å². The van der Waals surface area contributed by atoms with E-state index in [0.717, 1.165) is 18.8 Å². The number of hydrogen-bond acceptors (Lipinski definition) is 2. The van der Waals surface area contributed by atoms with Crippen LogP contribution in [0.3, 0.4) is 0 Å². The van der Waals surface area contributed by atoms with Gasteiger partial charge in [0.2, 0.25) is 6.29 Å². The molecule has 1 aliphatic rings. The van der Waals surface area contributed by atoms with Crippen LogP contribution in [0.4, 0.5) is 0 Å². The number of allylic oxidation sites excluding steroid dienone is 2. The summed E-state index contributed by atoms with van der Waals surface area (Å²) in [6, 6.07) is 0. The summed E-state index contributed by atoms with van der Waals surface area (Å²) in [6.45, 7) is 6.83. The molecule has 0 fully saturated rings. The smallest absolute Gasteiger partial charge is 0.202 e. The van der Waals surface area contributed by atoms with Gasteiger partial charge in [0.25, 0.3) is 0 Å². The van der Waals surface area contributed by atoms with Gasteiger partial charge in [-0.3, -0.25) is 0 Å². The van der Waals surface area contributed by atoms with E-state index < -0.39 is 0 Å².